The summed E-state index contributed by atoms with van der Waals surface area (Å²) in [5.41, 5.74) is 1.29. The molecule has 0 saturated carbocycles. The van der Waals surface area contributed by atoms with Gasteiger partial charge in [0.1, 0.15) is 0 Å². The second-order valence-electron chi connectivity index (χ2n) is 4.36. The second kappa shape index (κ2) is 6.11. The quantitative estimate of drug-likeness (QED) is 0.900. The average molecular weight is 308 g/mol. The van der Waals surface area contributed by atoms with Gasteiger partial charge in [0, 0.05) is 24.4 Å². The van der Waals surface area contributed by atoms with Crippen LogP contribution in [0.15, 0.2) is 41.6 Å². The van der Waals surface area contributed by atoms with E-state index in [0.717, 1.165) is 5.56 Å². The minimum atomic E-state index is -3.87. The van der Waals surface area contributed by atoms with Crippen LogP contribution in [0, 0.1) is 0 Å². The van der Waals surface area contributed by atoms with E-state index in [2.05, 4.69) is 4.98 Å². The Balaban J connectivity index is 2.64. The first kappa shape index (κ1) is 15.3. The van der Waals surface area contributed by atoms with Gasteiger partial charge in [0.2, 0.25) is 10.0 Å². The summed E-state index contributed by atoms with van der Waals surface area (Å²) in [6, 6.07) is 6.56. The van der Waals surface area contributed by atoms with E-state index in [1.54, 1.807) is 18.5 Å². The fraction of sp³-hybridized carbons (Fsp3) is 0.214. The summed E-state index contributed by atoms with van der Waals surface area (Å²) in [4.78, 5) is 4.04. The van der Waals surface area contributed by atoms with Crippen molar-refractivity contribution >= 4 is 10.0 Å². The first-order valence-corrected chi connectivity index (χ1v) is 7.67. The van der Waals surface area contributed by atoms with E-state index in [-0.39, 0.29) is 4.90 Å². The lowest BCUT2D eigenvalue weighted by atomic mass is 10.0. The lowest BCUT2D eigenvalue weighted by molar-refractivity contribution is 0.350. The van der Waals surface area contributed by atoms with E-state index in [1.807, 2.05) is 6.07 Å². The van der Waals surface area contributed by atoms with Crippen LogP contribution in [0.4, 0.5) is 0 Å². The van der Waals surface area contributed by atoms with Crippen molar-refractivity contribution in [1.82, 2.24) is 4.98 Å². The molecule has 6 nitrogen and oxygen atoms in total. The molecule has 2 N–H and O–H groups in total. The number of benzene rings is 1. The Bertz CT molecular complexity index is 730. The molecule has 21 heavy (non-hydrogen) atoms. The maximum atomic E-state index is 11.8. The molecule has 0 atom stereocenters. The summed E-state index contributed by atoms with van der Waals surface area (Å²) in [7, 11) is -0.923. The highest BCUT2D eigenvalue weighted by Crippen LogP contribution is 2.36. The molecule has 0 radical (unpaired) electrons. The fourth-order valence-corrected chi connectivity index (χ4v) is 2.88. The van der Waals surface area contributed by atoms with Gasteiger partial charge in [0.25, 0.3) is 0 Å². The number of methoxy groups -OCH3 is 2. The molecule has 0 unspecified atom stereocenters. The zero-order chi connectivity index (χ0) is 15.5. The Labute approximate surface area is 123 Å². The van der Waals surface area contributed by atoms with E-state index in [4.69, 9.17) is 14.6 Å². The average Bonchev–Trinajstić information content (AvgIpc) is 2.46. The molecule has 0 saturated heterocycles. The third-order valence-electron chi connectivity index (χ3n) is 3.02. The Morgan fingerprint density at radius 2 is 1.95 bits per heavy atom. The minimum Gasteiger partial charge on any atom is -0.493 e. The lowest BCUT2D eigenvalue weighted by Crippen LogP contribution is -2.15. The van der Waals surface area contributed by atoms with Gasteiger partial charge < -0.3 is 9.47 Å². The van der Waals surface area contributed by atoms with Crippen LogP contribution in [0.25, 0.3) is 0 Å². The van der Waals surface area contributed by atoms with Gasteiger partial charge in [0.05, 0.1) is 19.1 Å². The van der Waals surface area contributed by atoms with Crippen LogP contribution in [0.5, 0.6) is 11.5 Å². The van der Waals surface area contributed by atoms with Crippen molar-refractivity contribution in [2.45, 2.75) is 11.3 Å². The topological polar surface area (TPSA) is 91.5 Å². The minimum absolute atomic E-state index is 0.0176. The zero-order valence-electron chi connectivity index (χ0n) is 11.7. The number of aromatic nitrogens is 1. The molecule has 0 fully saturated rings. The van der Waals surface area contributed by atoms with Crippen LogP contribution in [-0.2, 0) is 16.4 Å². The molecule has 0 bridgehead atoms. The third kappa shape index (κ3) is 3.32. The molecule has 0 aliphatic carbocycles. The van der Waals surface area contributed by atoms with Crippen molar-refractivity contribution in [1.29, 1.82) is 0 Å². The second-order valence-corrected chi connectivity index (χ2v) is 5.89. The molecule has 7 heteroatoms. The van der Waals surface area contributed by atoms with Crippen LogP contribution in [-0.4, -0.2) is 27.6 Å². The normalized spacial score (nSPS) is 11.2. The summed E-state index contributed by atoms with van der Waals surface area (Å²) in [6.07, 6.45) is 3.62. The molecule has 1 aromatic carbocycles. The Kier molecular flexibility index (Phi) is 4.44. The van der Waals surface area contributed by atoms with Crippen LogP contribution in [0.2, 0.25) is 0 Å². The molecular weight excluding hydrogens is 292 g/mol. The van der Waals surface area contributed by atoms with E-state index in [1.165, 1.54) is 26.4 Å². The highest BCUT2D eigenvalue weighted by atomic mass is 32.2. The zero-order valence-corrected chi connectivity index (χ0v) is 12.6. The van der Waals surface area contributed by atoms with Gasteiger partial charge in [0.15, 0.2) is 11.5 Å². The van der Waals surface area contributed by atoms with Crippen LogP contribution >= 0.6 is 0 Å². The number of rotatable bonds is 5. The lowest BCUT2D eigenvalue weighted by Gasteiger charge is -2.16. The number of pyridine rings is 1. The monoisotopic (exact) mass is 308 g/mol. The largest absolute Gasteiger partial charge is 0.493 e. The number of hydrogen-bond acceptors (Lipinski definition) is 5. The molecule has 112 valence electrons. The van der Waals surface area contributed by atoms with Crippen molar-refractivity contribution < 1.29 is 17.9 Å². The van der Waals surface area contributed by atoms with E-state index in [0.29, 0.717) is 23.5 Å². The van der Waals surface area contributed by atoms with E-state index >= 15 is 0 Å². The molecular formula is C14H16N2O4S. The van der Waals surface area contributed by atoms with Crippen molar-refractivity contribution in [3.8, 4) is 11.5 Å². The summed E-state index contributed by atoms with van der Waals surface area (Å²) in [5, 5.41) is 5.29. The van der Waals surface area contributed by atoms with Gasteiger partial charge in [-0.25, -0.2) is 13.6 Å². The molecule has 1 heterocycles. The smallest absolute Gasteiger partial charge is 0.238 e. The Morgan fingerprint density at radius 1 is 1.19 bits per heavy atom. The predicted molar refractivity (Wildman–Crippen MR) is 78.0 cm³/mol. The number of primary sulfonamides is 1. The summed E-state index contributed by atoms with van der Waals surface area (Å²) >= 11 is 0. The van der Waals surface area contributed by atoms with E-state index < -0.39 is 10.0 Å². The molecule has 2 aromatic rings. The van der Waals surface area contributed by atoms with Gasteiger partial charge in [-0.3, -0.25) is 4.98 Å². The maximum absolute atomic E-state index is 11.8. The molecule has 1 aromatic heterocycles. The predicted octanol–water partition coefficient (Wildman–Crippen LogP) is 1.34. The van der Waals surface area contributed by atoms with Crippen LogP contribution in [0.1, 0.15) is 11.1 Å². The number of nitrogens with two attached hydrogens (primary N) is 1. The maximum Gasteiger partial charge on any atom is 0.238 e. The SMILES string of the molecule is COc1ccc(S(N)(=O)=O)c(Cc2cccnc2)c1OC. The molecule has 0 spiro atoms. The number of sulfonamides is 1. The van der Waals surface area contributed by atoms with Crippen molar-refractivity contribution in [3.05, 3.63) is 47.8 Å². The van der Waals surface area contributed by atoms with Crippen LogP contribution in [0.3, 0.4) is 0 Å². The first-order valence-electron chi connectivity index (χ1n) is 6.13. The number of hydrogen-bond donors (Lipinski definition) is 1. The van der Waals surface area contributed by atoms with Gasteiger partial charge in [-0.15, -0.1) is 0 Å². The molecule has 0 amide bonds. The molecule has 0 aliphatic rings. The summed E-state index contributed by atoms with van der Waals surface area (Å²) in [5.74, 6) is 0.802. The first-order chi connectivity index (χ1) is 9.97. The highest BCUT2D eigenvalue weighted by Gasteiger charge is 2.21. The van der Waals surface area contributed by atoms with Crippen LogP contribution < -0.4 is 14.6 Å². The Hall–Kier alpha value is -2.12. The summed E-state index contributed by atoms with van der Waals surface area (Å²) in [6.45, 7) is 0. The standard InChI is InChI=1S/C14H16N2O4S/c1-19-12-5-6-13(21(15,17)18)11(14(12)20-2)8-10-4-3-7-16-9-10/h3-7,9H,8H2,1-2H3,(H2,15,17,18). The summed E-state index contributed by atoms with van der Waals surface area (Å²) < 4.78 is 34.1. The van der Waals surface area contributed by atoms with Gasteiger partial charge >= 0.3 is 0 Å². The van der Waals surface area contributed by atoms with Gasteiger partial charge in [-0.05, 0) is 23.8 Å². The van der Waals surface area contributed by atoms with E-state index in [9.17, 15) is 8.42 Å². The van der Waals surface area contributed by atoms with Crippen molar-refractivity contribution in [3.63, 3.8) is 0 Å². The highest BCUT2D eigenvalue weighted by molar-refractivity contribution is 7.89. The molecule has 0 aliphatic heterocycles. The van der Waals surface area contributed by atoms with Crippen molar-refractivity contribution in [2.24, 2.45) is 5.14 Å². The number of nitrogens with zero attached hydrogens (tertiary/aromatic N) is 1. The Morgan fingerprint density at radius 3 is 2.48 bits per heavy atom. The van der Waals surface area contributed by atoms with Crippen molar-refractivity contribution in [2.75, 3.05) is 14.2 Å². The van der Waals surface area contributed by atoms with Gasteiger partial charge in [-0.1, -0.05) is 6.07 Å². The fourth-order valence-electron chi connectivity index (χ4n) is 2.11. The third-order valence-corrected chi connectivity index (χ3v) is 4.01. The molecule has 2 rings (SSSR count). The van der Waals surface area contributed by atoms with Gasteiger partial charge in [-0.2, -0.15) is 0 Å². The number of ether oxygens (including phenoxy) is 2.